The highest BCUT2D eigenvalue weighted by molar-refractivity contribution is 5.72. The maximum Gasteiger partial charge on any atom is 0.308 e. The maximum atomic E-state index is 11.5. The molecule has 0 radical (unpaired) electrons. The van der Waals surface area contributed by atoms with E-state index in [1.807, 2.05) is 0 Å². The molecule has 2 aliphatic carbocycles. The molecule has 0 aliphatic heterocycles. The number of methoxy groups -OCH3 is 1. The topological polar surface area (TPSA) is 38.3 Å². The van der Waals surface area contributed by atoms with Gasteiger partial charge >= 0.3 is 5.97 Å². The molecule has 0 atom stereocenters. The first-order valence-electron chi connectivity index (χ1n) is 8.06. The van der Waals surface area contributed by atoms with Crippen LogP contribution in [0, 0.1) is 11.8 Å². The second kappa shape index (κ2) is 7.28. The van der Waals surface area contributed by atoms with E-state index in [-0.39, 0.29) is 11.9 Å². The van der Waals surface area contributed by atoms with Crippen LogP contribution in [-0.4, -0.2) is 25.2 Å². The highest BCUT2D eigenvalue weighted by Crippen LogP contribution is 2.29. The van der Waals surface area contributed by atoms with Crippen molar-refractivity contribution >= 4 is 5.97 Å². The Morgan fingerprint density at radius 1 is 1.00 bits per heavy atom. The van der Waals surface area contributed by atoms with Crippen LogP contribution < -0.4 is 5.32 Å². The molecule has 0 heterocycles. The summed E-state index contributed by atoms with van der Waals surface area (Å²) in [6, 6.07) is 1.35. The van der Waals surface area contributed by atoms with Gasteiger partial charge in [0.05, 0.1) is 13.0 Å². The fourth-order valence-corrected chi connectivity index (χ4v) is 3.73. The third-order valence-corrected chi connectivity index (χ3v) is 5.16. The molecule has 0 spiro atoms. The van der Waals surface area contributed by atoms with Crippen LogP contribution in [0.3, 0.4) is 0 Å². The molecule has 3 nitrogen and oxygen atoms in total. The molecule has 19 heavy (non-hydrogen) atoms. The Bertz CT molecular complexity index is 276. The Labute approximate surface area is 117 Å². The SMILES string of the molecule is CCC1CCC(NC2CCC(C(=O)OC)CC2)CC1. The molecular formula is C16H29NO2. The van der Waals surface area contributed by atoms with E-state index in [1.54, 1.807) is 0 Å². The zero-order chi connectivity index (χ0) is 13.7. The number of ether oxygens (including phenoxy) is 1. The first-order chi connectivity index (χ1) is 9.22. The Morgan fingerprint density at radius 2 is 1.53 bits per heavy atom. The van der Waals surface area contributed by atoms with Crippen LogP contribution in [0.4, 0.5) is 0 Å². The Morgan fingerprint density at radius 3 is 2.00 bits per heavy atom. The Kier molecular flexibility index (Phi) is 5.68. The fraction of sp³-hybridized carbons (Fsp3) is 0.938. The van der Waals surface area contributed by atoms with Gasteiger partial charge in [0.1, 0.15) is 0 Å². The van der Waals surface area contributed by atoms with E-state index in [1.165, 1.54) is 39.2 Å². The molecule has 0 saturated heterocycles. The van der Waals surface area contributed by atoms with E-state index in [9.17, 15) is 4.79 Å². The largest absolute Gasteiger partial charge is 0.469 e. The molecule has 2 aliphatic rings. The number of rotatable bonds is 4. The summed E-state index contributed by atoms with van der Waals surface area (Å²) in [5.41, 5.74) is 0. The van der Waals surface area contributed by atoms with Gasteiger partial charge in [-0.15, -0.1) is 0 Å². The molecule has 0 aromatic heterocycles. The van der Waals surface area contributed by atoms with Gasteiger partial charge in [-0.25, -0.2) is 0 Å². The van der Waals surface area contributed by atoms with Crippen LogP contribution in [0.2, 0.25) is 0 Å². The first kappa shape index (κ1) is 14.8. The quantitative estimate of drug-likeness (QED) is 0.794. The van der Waals surface area contributed by atoms with Crippen LogP contribution in [0.5, 0.6) is 0 Å². The zero-order valence-corrected chi connectivity index (χ0v) is 12.5. The third kappa shape index (κ3) is 4.20. The molecule has 3 heteroatoms. The molecule has 0 unspecified atom stereocenters. The van der Waals surface area contributed by atoms with E-state index in [0.29, 0.717) is 6.04 Å². The molecule has 2 rings (SSSR count). The standard InChI is InChI=1S/C16H29NO2/c1-3-12-4-8-14(9-5-12)17-15-10-6-13(7-11-15)16(18)19-2/h12-15,17H,3-11H2,1-2H3. The van der Waals surface area contributed by atoms with Crippen molar-refractivity contribution in [1.29, 1.82) is 0 Å². The van der Waals surface area contributed by atoms with Crippen molar-refractivity contribution < 1.29 is 9.53 Å². The molecule has 0 aromatic carbocycles. The van der Waals surface area contributed by atoms with E-state index in [4.69, 9.17) is 4.74 Å². The molecule has 110 valence electrons. The molecule has 2 fully saturated rings. The van der Waals surface area contributed by atoms with Gasteiger partial charge in [-0.3, -0.25) is 4.79 Å². The summed E-state index contributed by atoms with van der Waals surface area (Å²) in [7, 11) is 1.50. The summed E-state index contributed by atoms with van der Waals surface area (Å²) < 4.78 is 4.84. The van der Waals surface area contributed by atoms with Gasteiger partial charge in [-0.1, -0.05) is 13.3 Å². The van der Waals surface area contributed by atoms with Crippen molar-refractivity contribution in [2.45, 2.75) is 76.8 Å². The lowest BCUT2D eigenvalue weighted by atomic mass is 9.82. The van der Waals surface area contributed by atoms with Gasteiger partial charge in [0, 0.05) is 12.1 Å². The molecule has 0 amide bonds. The average Bonchev–Trinajstić information content (AvgIpc) is 2.48. The number of hydrogen-bond donors (Lipinski definition) is 1. The van der Waals surface area contributed by atoms with Crippen molar-refractivity contribution in [3.05, 3.63) is 0 Å². The smallest absolute Gasteiger partial charge is 0.308 e. The number of carbonyl (C=O) groups excluding carboxylic acids is 1. The Balaban J connectivity index is 1.67. The van der Waals surface area contributed by atoms with Crippen LogP contribution in [0.15, 0.2) is 0 Å². The van der Waals surface area contributed by atoms with Crippen molar-refractivity contribution in [2.24, 2.45) is 11.8 Å². The second-order valence-electron chi connectivity index (χ2n) is 6.36. The average molecular weight is 267 g/mol. The fourth-order valence-electron chi connectivity index (χ4n) is 3.73. The van der Waals surface area contributed by atoms with E-state index >= 15 is 0 Å². The van der Waals surface area contributed by atoms with Crippen LogP contribution in [0.25, 0.3) is 0 Å². The molecular weight excluding hydrogens is 238 g/mol. The van der Waals surface area contributed by atoms with Crippen molar-refractivity contribution in [3.8, 4) is 0 Å². The van der Waals surface area contributed by atoms with E-state index in [2.05, 4.69) is 12.2 Å². The van der Waals surface area contributed by atoms with Crippen molar-refractivity contribution in [2.75, 3.05) is 7.11 Å². The second-order valence-corrected chi connectivity index (χ2v) is 6.36. The van der Waals surface area contributed by atoms with Gasteiger partial charge in [0.25, 0.3) is 0 Å². The van der Waals surface area contributed by atoms with Gasteiger partial charge in [0.15, 0.2) is 0 Å². The lowest BCUT2D eigenvalue weighted by molar-refractivity contribution is -0.146. The maximum absolute atomic E-state index is 11.5. The highest BCUT2D eigenvalue weighted by Gasteiger charge is 2.29. The normalized spacial score (nSPS) is 35.9. The van der Waals surface area contributed by atoms with Crippen LogP contribution in [-0.2, 0) is 9.53 Å². The summed E-state index contributed by atoms with van der Waals surface area (Å²) in [5, 5.41) is 3.83. The highest BCUT2D eigenvalue weighted by atomic mass is 16.5. The first-order valence-corrected chi connectivity index (χ1v) is 8.06. The molecule has 0 aromatic rings. The van der Waals surface area contributed by atoms with Crippen molar-refractivity contribution in [3.63, 3.8) is 0 Å². The predicted octanol–water partition coefficient (Wildman–Crippen LogP) is 3.28. The third-order valence-electron chi connectivity index (χ3n) is 5.16. The summed E-state index contributed by atoms with van der Waals surface area (Å²) >= 11 is 0. The Hall–Kier alpha value is -0.570. The molecule has 2 saturated carbocycles. The summed E-state index contributed by atoms with van der Waals surface area (Å²) in [5.74, 6) is 1.11. The van der Waals surface area contributed by atoms with E-state index < -0.39 is 0 Å². The predicted molar refractivity (Wildman–Crippen MR) is 76.9 cm³/mol. The lowest BCUT2D eigenvalue weighted by Gasteiger charge is -2.34. The summed E-state index contributed by atoms with van der Waals surface area (Å²) in [6.07, 6.45) is 11.1. The number of hydrogen-bond acceptors (Lipinski definition) is 3. The van der Waals surface area contributed by atoms with Crippen LogP contribution >= 0.6 is 0 Å². The van der Waals surface area contributed by atoms with Gasteiger partial charge in [0.2, 0.25) is 0 Å². The lowest BCUT2D eigenvalue weighted by Crippen LogP contribution is -2.43. The van der Waals surface area contributed by atoms with Gasteiger partial charge in [-0.2, -0.15) is 0 Å². The minimum atomic E-state index is -0.0121. The monoisotopic (exact) mass is 267 g/mol. The number of nitrogens with one attached hydrogen (secondary N) is 1. The summed E-state index contributed by atoms with van der Waals surface area (Å²) in [4.78, 5) is 11.5. The van der Waals surface area contributed by atoms with E-state index in [0.717, 1.165) is 37.6 Å². The molecule has 1 N–H and O–H groups in total. The summed E-state index contributed by atoms with van der Waals surface area (Å²) in [6.45, 7) is 2.31. The minimum absolute atomic E-state index is 0.0121. The van der Waals surface area contributed by atoms with Crippen LogP contribution in [0.1, 0.15) is 64.7 Å². The van der Waals surface area contributed by atoms with Gasteiger partial charge < -0.3 is 10.1 Å². The van der Waals surface area contributed by atoms with Gasteiger partial charge in [-0.05, 0) is 57.3 Å². The zero-order valence-electron chi connectivity index (χ0n) is 12.5. The minimum Gasteiger partial charge on any atom is -0.469 e. The van der Waals surface area contributed by atoms with Crippen molar-refractivity contribution in [1.82, 2.24) is 5.32 Å². The number of carbonyl (C=O) groups is 1. The molecule has 0 bridgehead atoms. The number of esters is 1.